The number of hydrogen-bond donors (Lipinski definition) is 1. The highest BCUT2D eigenvalue weighted by atomic mass is 35.5. The Morgan fingerprint density at radius 2 is 2.24 bits per heavy atom. The van der Waals surface area contributed by atoms with Crippen LogP contribution in [0.2, 0.25) is 0 Å². The monoisotopic (exact) mass is 255 g/mol. The highest BCUT2D eigenvalue weighted by molar-refractivity contribution is 6.21. The van der Waals surface area contributed by atoms with E-state index in [-0.39, 0.29) is 23.1 Å². The van der Waals surface area contributed by atoms with Crippen molar-refractivity contribution in [1.82, 2.24) is 5.32 Å². The topological polar surface area (TPSA) is 29.1 Å². The van der Waals surface area contributed by atoms with Crippen LogP contribution in [0.1, 0.15) is 35.2 Å². The summed E-state index contributed by atoms with van der Waals surface area (Å²) in [6.45, 7) is 1.67. The molecule has 1 fully saturated rings. The third-order valence-corrected chi connectivity index (χ3v) is 3.70. The number of alkyl halides is 1. The summed E-state index contributed by atoms with van der Waals surface area (Å²) in [5, 5.41) is 2.85. The second-order valence-corrected chi connectivity index (χ2v) is 5.05. The number of rotatable bonds is 2. The summed E-state index contributed by atoms with van der Waals surface area (Å²) in [5.41, 5.74) is 0.890. The molecular formula is C13H15ClFNO. The summed E-state index contributed by atoms with van der Waals surface area (Å²) in [6.07, 6.45) is 2.85. The van der Waals surface area contributed by atoms with E-state index in [1.54, 1.807) is 19.1 Å². The Labute approximate surface area is 105 Å². The molecule has 0 saturated heterocycles. The molecule has 0 spiro atoms. The summed E-state index contributed by atoms with van der Waals surface area (Å²) in [5.74, 6) is -0.604. The van der Waals surface area contributed by atoms with Gasteiger partial charge in [-0.25, -0.2) is 4.39 Å². The van der Waals surface area contributed by atoms with Crippen molar-refractivity contribution in [1.29, 1.82) is 0 Å². The summed E-state index contributed by atoms with van der Waals surface area (Å²) in [7, 11) is 0. The van der Waals surface area contributed by atoms with Gasteiger partial charge >= 0.3 is 0 Å². The Morgan fingerprint density at radius 1 is 1.47 bits per heavy atom. The lowest BCUT2D eigenvalue weighted by atomic mass is 10.1. The minimum atomic E-state index is -0.355. The predicted octanol–water partition coefficient (Wildman–Crippen LogP) is 3.02. The second-order valence-electron chi connectivity index (χ2n) is 4.49. The van der Waals surface area contributed by atoms with Crippen LogP contribution < -0.4 is 5.32 Å². The number of halogens is 2. The predicted molar refractivity (Wildman–Crippen MR) is 65.9 cm³/mol. The molecule has 0 aliphatic heterocycles. The number of aryl methyl sites for hydroxylation is 1. The van der Waals surface area contributed by atoms with Crippen molar-refractivity contribution in [2.24, 2.45) is 0 Å². The molecule has 2 rings (SSSR count). The van der Waals surface area contributed by atoms with E-state index in [0.717, 1.165) is 19.3 Å². The van der Waals surface area contributed by atoms with E-state index < -0.39 is 0 Å². The fourth-order valence-corrected chi connectivity index (χ4v) is 2.41. The number of amides is 1. The van der Waals surface area contributed by atoms with E-state index in [2.05, 4.69) is 5.32 Å². The molecule has 0 heterocycles. The van der Waals surface area contributed by atoms with Gasteiger partial charge in [0.15, 0.2) is 0 Å². The van der Waals surface area contributed by atoms with Gasteiger partial charge in [0.05, 0.1) is 5.38 Å². The fraction of sp³-hybridized carbons (Fsp3) is 0.462. The van der Waals surface area contributed by atoms with E-state index >= 15 is 0 Å². The van der Waals surface area contributed by atoms with E-state index in [1.807, 2.05) is 0 Å². The molecule has 0 bridgehead atoms. The van der Waals surface area contributed by atoms with Crippen molar-refractivity contribution in [3.05, 3.63) is 35.1 Å². The third-order valence-electron chi connectivity index (χ3n) is 3.18. The van der Waals surface area contributed by atoms with Gasteiger partial charge in [0.25, 0.3) is 5.91 Å². The van der Waals surface area contributed by atoms with Gasteiger partial charge in [0, 0.05) is 11.6 Å². The highest BCUT2D eigenvalue weighted by Crippen LogP contribution is 2.24. The lowest BCUT2D eigenvalue weighted by Gasteiger charge is -2.15. The molecule has 1 aliphatic carbocycles. The quantitative estimate of drug-likeness (QED) is 0.809. The van der Waals surface area contributed by atoms with Gasteiger partial charge in [-0.3, -0.25) is 4.79 Å². The molecule has 0 aromatic heterocycles. The molecular weight excluding hydrogens is 241 g/mol. The van der Waals surface area contributed by atoms with Crippen molar-refractivity contribution in [2.45, 2.75) is 37.6 Å². The summed E-state index contributed by atoms with van der Waals surface area (Å²) in [4.78, 5) is 11.9. The number of nitrogens with one attached hydrogen (secondary N) is 1. The molecule has 2 unspecified atom stereocenters. The lowest BCUT2D eigenvalue weighted by Crippen LogP contribution is -2.37. The van der Waals surface area contributed by atoms with Crippen molar-refractivity contribution in [3.63, 3.8) is 0 Å². The zero-order chi connectivity index (χ0) is 12.4. The van der Waals surface area contributed by atoms with Crippen molar-refractivity contribution in [2.75, 3.05) is 0 Å². The van der Waals surface area contributed by atoms with Gasteiger partial charge in [-0.1, -0.05) is 6.07 Å². The maximum atomic E-state index is 13.3. The van der Waals surface area contributed by atoms with Crippen LogP contribution >= 0.6 is 11.6 Å². The maximum Gasteiger partial charge on any atom is 0.251 e. The van der Waals surface area contributed by atoms with E-state index in [9.17, 15) is 9.18 Å². The molecule has 4 heteroatoms. The zero-order valence-electron chi connectivity index (χ0n) is 9.67. The number of carbonyl (C=O) groups is 1. The SMILES string of the molecule is Cc1ccc(C(=O)NC2CCCC2Cl)cc1F. The first-order chi connectivity index (χ1) is 8.08. The minimum absolute atomic E-state index is 0.00533. The molecule has 0 radical (unpaired) electrons. The van der Waals surface area contributed by atoms with Crippen LogP contribution in [-0.4, -0.2) is 17.3 Å². The highest BCUT2D eigenvalue weighted by Gasteiger charge is 2.26. The number of benzene rings is 1. The number of carbonyl (C=O) groups excluding carboxylic acids is 1. The Hall–Kier alpha value is -1.09. The molecule has 17 heavy (non-hydrogen) atoms. The van der Waals surface area contributed by atoms with Crippen LogP contribution in [0, 0.1) is 12.7 Å². The molecule has 1 saturated carbocycles. The first-order valence-corrected chi connectivity index (χ1v) is 6.22. The molecule has 1 aromatic rings. The molecule has 2 nitrogen and oxygen atoms in total. The average molecular weight is 256 g/mol. The van der Waals surface area contributed by atoms with Crippen LogP contribution in [0.15, 0.2) is 18.2 Å². The lowest BCUT2D eigenvalue weighted by molar-refractivity contribution is 0.0938. The Balaban J connectivity index is 2.06. The molecule has 2 atom stereocenters. The standard InChI is InChI=1S/C13H15ClFNO/c1-8-5-6-9(7-11(8)15)13(17)16-12-4-2-3-10(12)14/h5-7,10,12H,2-4H2,1H3,(H,16,17). The van der Waals surface area contributed by atoms with E-state index in [1.165, 1.54) is 6.07 Å². The van der Waals surface area contributed by atoms with Crippen molar-refractivity contribution < 1.29 is 9.18 Å². The zero-order valence-corrected chi connectivity index (χ0v) is 10.4. The maximum absolute atomic E-state index is 13.3. The molecule has 1 N–H and O–H groups in total. The van der Waals surface area contributed by atoms with Crippen molar-refractivity contribution >= 4 is 17.5 Å². The van der Waals surface area contributed by atoms with E-state index in [4.69, 9.17) is 11.6 Å². The van der Waals surface area contributed by atoms with Gasteiger partial charge < -0.3 is 5.32 Å². The Morgan fingerprint density at radius 3 is 2.82 bits per heavy atom. The Kier molecular flexibility index (Phi) is 3.67. The minimum Gasteiger partial charge on any atom is -0.348 e. The van der Waals surface area contributed by atoms with Crippen LogP contribution in [0.3, 0.4) is 0 Å². The molecule has 1 aliphatic rings. The van der Waals surface area contributed by atoms with Gasteiger partial charge in [-0.05, 0) is 43.9 Å². The van der Waals surface area contributed by atoms with Gasteiger partial charge in [-0.15, -0.1) is 11.6 Å². The van der Waals surface area contributed by atoms with Crippen LogP contribution in [-0.2, 0) is 0 Å². The second kappa shape index (κ2) is 5.05. The van der Waals surface area contributed by atoms with Crippen LogP contribution in [0.25, 0.3) is 0 Å². The molecule has 1 amide bonds. The van der Waals surface area contributed by atoms with E-state index in [0.29, 0.717) is 11.1 Å². The largest absolute Gasteiger partial charge is 0.348 e. The summed E-state index contributed by atoms with van der Waals surface area (Å²) >= 11 is 6.08. The summed E-state index contributed by atoms with van der Waals surface area (Å²) < 4.78 is 13.3. The first-order valence-electron chi connectivity index (χ1n) is 5.79. The average Bonchev–Trinajstić information content (AvgIpc) is 2.68. The van der Waals surface area contributed by atoms with Crippen LogP contribution in [0.5, 0.6) is 0 Å². The van der Waals surface area contributed by atoms with Crippen molar-refractivity contribution in [3.8, 4) is 0 Å². The third kappa shape index (κ3) is 2.78. The fourth-order valence-electron chi connectivity index (χ4n) is 2.06. The summed E-state index contributed by atoms with van der Waals surface area (Å²) in [6, 6.07) is 4.51. The Bertz CT molecular complexity index is 435. The first kappa shape index (κ1) is 12.4. The van der Waals surface area contributed by atoms with Gasteiger partial charge in [0.2, 0.25) is 0 Å². The van der Waals surface area contributed by atoms with Crippen LogP contribution in [0.4, 0.5) is 4.39 Å². The normalized spacial score (nSPS) is 23.7. The van der Waals surface area contributed by atoms with Gasteiger partial charge in [0.1, 0.15) is 5.82 Å². The number of hydrogen-bond acceptors (Lipinski definition) is 1. The molecule has 92 valence electrons. The smallest absolute Gasteiger partial charge is 0.251 e. The molecule has 1 aromatic carbocycles. The van der Waals surface area contributed by atoms with Gasteiger partial charge in [-0.2, -0.15) is 0 Å².